The normalized spacial score (nSPS) is 11.3. The third kappa shape index (κ3) is 1.98. The zero-order chi connectivity index (χ0) is 8.97. The second-order valence-electron chi connectivity index (χ2n) is 2.46. The van der Waals surface area contributed by atoms with Crippen molar-refractivity contribution in [1.29, 1.82) is 0 Å². The van der Waals surface area contributed by atoms with Crippen LogP contribution < -0.4 is 0 Å². The summed E-state index contributed by atoms with van der Waals surface area (Å²) in [6, 6.07) is 2.10. The second-order valence-corrected chi connectivity index (χ2v) is 3.37. The first-order valence-corrected chi connectivity index (χ1v) is 4.58. The Kier molecular flexibility index (Phi) is 3.11. The molecule has 0 fully saturated rings. The molecule has 1 rings (SSSR count). The molecule has 0 aromatic carbocycles. The summed E-state index contributed by atoms with van der Waals surface area (Å²) >= 11 is 1.68. The Labute approximate surface area is 77.0 Å². The van der Waals surface area contributed by atoms with E-state index in [9.17, 15) is 0 Å². The van der Waals surface area contributed by atoms with E-state index in [-0.39, 0.29) is 0 Å². The van der Waals surface area contributed by atoms with Crippen molar-refractivity contribution in [1.82, 2.24) is 0 Å². The summed E-state index contributed by atoms with van der Waals surface area (Å²) < 4.78 is 5.19. The van der Waals surface area contributed by atoms with Crippen LogP contribution >= 0.6 is 11.3 Å². The predicted molar refractivity (Wildman–Crippen MR) is 54.2 cm³/mol. The number of thiophene rings is 1. The Bertz CT molecular complexity index is 297. The van der Waals surface area contributed by atoms with Crippen LogP contribution in [-0.2, 0) is 4.74 Å². The van der Waals surface area contributed by atoms with Gasteiger partial charge in [-0.3, -0.25) is 0 Å². The van der Waals surface area contributed by atoms with Gasteiger partial charge >= 0.3 is 0 Å². The number of hydrogen-bond acceptors (Lipinski definition) is 2. The molecule has 0 saturated heterocycles. The van der Waals surface area contributed by atoms with Crippen LogP contribution in [0.4, 0.5) is 0 Å². The van der Waals surface area contributed by atoms with Crippen LogP contribution in [0.15, 0.2) is 30.2 Å². The van der Waals surface area contributed by atoms with Crippen LogP contribution in [0.2, 0.25) is 0 Å². The SMILES string of the molecule is C=C/C=C(\OC)c1cc(C)cs1. The Hall–Kier alpha value is -1.02. The highest BCUT2D eigenvalue weighted by Gasteiger charge is 2.01. The number of methoxy groups -OCH3 is 1. The van der Waals surface area contributed by atoms with Crippen molar-refractivity contribution in [3.8, 4) is 0 Å². The Balaban J connectivity index is 2.94. The summed E-state index contributed by atoms with van der Waals surface area (Å²) in [4.78, 5) is 1.15. The third-order valence-corrected chi connectivity index (χ3v) is 2.53. The molecule has 0 spiro atoms. The molecule has 0 N–H and O–H groups in total. The summed E-state index contributed by atoms with van der Waals surface area (Å²) in [5.41, 5.74) is 1.27. The molecular formula is C10H12OS. The maximum absolute atomic E-state index is 5.19. The molecular weight excluding hydrogens is 168 g/mol. The van der Waals surface area contributed by atoms with Crippen LogP contribution in [0.1, 0.15) is 10.4 Å². The number of hydrogen-bond donors (Lipinski definition) is 0. The van der Waals surface area contributed by atoms with Crippen molar-refractivity contribution in [2.45, 2.75) is 6.92 Å². The average Bonchev–Trinajstić information content (AvgIpc) is 2.47. The van der Waals surface area contributed by atoms with E-state index in [0.29, 0.717) is 0 Å². The lowest BCUT2D eigenvalue weighted by molar-refractivity contribution is 0.371. The van der Waals surface area contributed by atoms with Crippen LogP contribution in [-0.4, -0.2) is 7.11 Å². The fourth-order valence-corrected chi connectivity index (χ4v) is 1.82. The highest BCUT2D eigenvalue weighted by Crippen LogP contribution is 2.22. The van der Waals surface area contributed by atoms with Crippen molar-refractivity contribution in [3.63, 3.8) is 0 Å². The van der Waals surface area contributed by atoms with Crippen LogP contribution in [0.5, 0.6) is 0 Å². The number of allylic oxidation sites excluding steroid dienone is 2. The zero-order valence-corrected chi connectivity index (χ0v) is 8.15. The monoisotopic (exact) mass is 180 g/mol. The van der Waals surface area contributed by atoms with Gasteiger partial charge in [-0.2, -0.15) is 0 Å². The maximum Gasteiger partial charge on any atom is 0.136 e. The first kappa shape index (κ1) is 9.07. The molecule has 1 aromatic rings. The molecule has 12 heavy (non-hydrogen) atoms. The first-order valence-electron chi connectivity index (χ1n) is 3.70. The van der Waals surface area contributed by atoms with Gasteiger partial charge < -0.3 is 4.74 Å². The molecule has 1 aromatic heterocycles. The molecule has 1 nitrogen and oxygen atoms in total. The van der Waals surface area contributed by atoms with Gasteiger partial charge in [0, 0.05) is 0 Å². The quantitative estimate of drug-likeness (QED) is 0.512. The number of ether oxygens (including phenoxy) is 1. The summed E-state index contributed by atoms with van der Waals surface area (Å²) in [5, 5.41) is 2.10. The van der Waals surface area contributed by atoms with Gasteiger partial charge in [0.2, 0.25) is 0 Å². The largest absolute Gasteiger partial charge is 0.495 e. The third-order valence-electron chi connectivity index (χ3n) is 1.46. The predicted octanol–water partition coefficient (Wildman–Crippen LogP) is 3.23. The van der Waals surface area contributed by atoms with Gasteiger partial charge in [-0.1, -0.05) is 12.7 Å². The van der Waals surface area contributed by atoms with E-state index in [1.54, 1.807) is 24.5 Å². The molecule has 0 bridgehead atoms. The topological polar surface area (TPSA) is 9.23 Å². The number of aryl methyl sites for hydroxylation is 1. The van der Waals surface area contributed by atoms with Gasteiger partial charge in [-0.15, -0.1) is 11.3 Å². The Morgan fingerprint density at radius 3 is 2.83 bits per heavy atom. The van der Waals surface area contributed by atoms with Crippen molar-refractivity contribution in [2.75, 3.05) is 7.11 Å². The van der Waals surface area contributed by atoms with E-state index < -0.39 is 0 Å². The first-order chi connectivity index (χ1) is 5.77. The summed E-state index contributed by atoms with van der Waals surface area (Å²) in [6.07, 6.45) is 3.60. The van der Waals surface area contributed by atoms with Crippen molar-refractivity contribution in [2.24, 2.45) is 0 Å². The van der Waals surface area contributed by atoms with Crippen LogP contribution in [0.3, 0.4) is 0 Å². The highest BCUT2D eigenvalue weighted by atomic mass is 32.1. The molecule has 0 saturated carbocycles. The Morgan fingerprint density at radius 1 is 1.67 bits per heavy atom. The van der Waals surface area contributed by atoms with Gasteiger partial charge in [0.15, 0.2) is 0 Å². The van der Waals surface area contributed by atoms with E-state index in [4.69, 9.17) is 4.74 Å². The molecule has 1 heterocycles. The zero-order valence-electron chi connectivity index (χ0n) is 7.33. The minimum atomic E-state index is 0.878. The van der Waals surface area contributed by atoms with Gasteiger partial charge in [0.05, 0.1) is 12.0 Å². The summed E-state index contributed by atoms with van der Waals surface area (Å²) in [5.74, 6) is 0.878. The van der Waals surface area contributed by atoms with Crippen molar-refractivity contribution in [3.05, 3.63) is 40.6 Å². The fourth-order valence-electron chi connectivity index (χ4n) is 0.918. The van der Waals surface area contributed by atoms with Crippen LogP contribution in [0.25, 0.3) is 5.76 Å². The van der Waals surface area contributed by atoms with Crippen LogP contribution in [0, 0.1) is 6.92 Å². The van der Waals surface area contributed by atoms with E-state index in [0.717, 1.165) is 10.6 Å². The Morgan fingerprint density at radius 2 is 2.42 bits per heavy atom. The van der Waals surface area contributed by atoms with E-state index >= 15 is 0 Å². The molecule has 0 aliphatic carbocycles. The molecule has 64 valence electrons. The second kappa shape index (κ2) is 4.12. The highest BCUT2D eigenvalue weighted by molar-refractivity contribution is 7.11. The maximum atomic E-state index is 5.19. The summed E-state index contributed by atoms with van der Waals surface area (Å²) in [6.45, 7) is 5.70. The smallest absolute Gasteiger partial charge is 0.136 e. The standard InChI is InChI=1S/C10H12OS/c1-4-5-9(11-3)10-6-8(2)7-12-10/h4-7H,1H2,2-3H3/b9-5-. The van der Waals surface area contributed by atoms with Crippen molar-refractivity contribution >= 4 is 17.1 Å². The lowest BCUT2D eigenvalue weighted by Crippen LogP contribution is -1.81. The van der Waals surface area contributed by atoms with Gasteiger partial charge in [-0.05, 0) is 30.0 Å². The molecule has 0 amide bonds. The molecule has 2 heteroatoms. The van der Waals surface area contributed by atoms with E-state index in [2.05, 4.69) is 24.9 Å². The van der Waals surface area contributed by atoms with Crippen molar-refractivity contribution < 1.29 is 4.74 Å². The van der Waals surface area contributed by atoms with Gasteiger partial charge in [0.25, 0.3) is 0 Å². The fraction of sp³-hybridized carbons (Fsp3) is 0.200. The average molecular weight is 180 g/mol. The van der Waals surface area contributed by atoms with E-state index in [1.807, 2.05) is 6.08 Å². The molecule has 0 aliphatic heterocycles. The minimum Gasteiger partial charge on any atom is -0.495 e. The van der Waals surface area contributed by atoms with Gasteiger partial charge in [-0.25, -0.2) is 0 Å². The minimum absolute atomic E-state index is 0.878. The number of rotatable bonds is 3. The molecule has 0 aliphatic rings. The van der Waals surface area contributed by atoms with E-state index in [1.165, 1.54) is 5.56 Å². The molecule has 0 unspecified atom stereocenters. The molecule has 0 atom stereocenters. The van der Waals surface area contributed by atoms with Gasteiger partial charge in [0.1, 0.15) is 5.76 Å². The molecule has 0 radical (unpaired) electrons. The lowest BCUT2D eigenvalue weighted by atomic mass is 10.3. The summed E-state index contributed by atoms with van der Waals surface area (Å²) in [7, 11) is 1.67. The lowest BCUT2D eigenvalue weighted by Gasteiger charge is -2.00.